The number of halogens is 1. The lowest BCUT2D eigenvalue weighted by Gasteiger charge is -2.18. The van der Waals surface area contributed by atoms with Crippen molar-refractivity contribution in [3.63, 3.8) is 0 Å². The third-order valence-corrected chi connectivity index (χ3v) is 2.81. The van der Waals surface area contributed by atoms with Crippen molar-refractivity contribution in [1.82, 2.24) is 10.2 Å². The zero-order valence-corrected chi connectivity index (χ0v) is 11.5. The number of imide groups is 1. The summed E-state index contributed by atoms with van der Waals surface area (Å²) < 4.78 is 0. The molecule has 0 aliphatic rings. The van der Waals surface area contributed by atoms with Crippen LogP contribution in [0.5, 0.6) is 0 Å². The van der Waals surface area contributed by atoms with Gasteiger partial charge in [-0.25, -0.2) is 4.79 Å². The summed E-state index contributed by atoms with van der Waals surface area (Å²) >= 11 is 5.58. The zero-order chi connectivity index (χ0) is 13.7. The van der Waals surface area contributed by atoms with E-state index in [2.05, 4.69) is 5.32 Å². The molecule has 0 aliphatic carbocycles. The molecule has 5 heteroatoms. The van der Waals surface area contributed by atoms with Gasteiger partial charge >= 0.3 is 6.03 Å². The van der Waals surface area contributed by atoms with E-state index in [9.17, 15) is 9.59 Å². The molecule has 0 aromatic heterocycles. The Morgan fingerprint density at radius 3 is 2.56 bits per heavy atom. The SMILES string of the molecule is Cc1ccccc1CN(C)C(=O)NC(=O)C(C)Cl. The van der Waals surface area contributed by atoms with Gasteiger partial charge in [0.25, 0.3) is 0 Å². The van der Waals surface area contributed by atoms with E-state index < -0.39 is 17.3 Å². The fourth-order valence-corrected chi connectivity index (χ4v) is 1.47. The Morgan fingerprint density at radius 2 is 2.00 bits per heavy atom. The zero-order valence-electron chi connectivity index (χ0n) is 10.7. The molecular weight excluding hydrogens is 252 g/mol. The van der Waals surface area contributed by atoms with Crippen LogP contribution in [0.1, 0.15) is 18.1 Å². The summed E-state index contributed by atoms with van der Waals surface area (Å²) in [6.45, 7) is 3.95. The van der Waals surface area contributed by atoms with E-state index in [1.165, 1.54) is 11.8 Å². The molecule has 98 valence electrons. The van der Waals surface area contributed by atoms with Crippen LogP contribution in [0.3, 0.4) is 0 Å². The smallest absolute Gasteiger partial charge is 0.323 e. The summed E-state index contributed by atoms with van der Waals surface area (Å²) in [6.07, 6.45) is 0. The molecule has 0 radical (unpaired) electrons. The number of urea groups is 1. The molecule has 18 heavy (non-hydrogen) atoms. The van der Waals surface area contributed by atoms with Gasteiger partial charge in [0.1, 0.15) is 5.38 Å². The molecule has 0 saturated carbocycles. The molecule has 1 rings (SSSR count). The van der Waals surface area contributed by atoms with Gasteiger partial charge in [-0.1, -0.05) is 24.3 Å². The normalized spacial score (nSPS) is 11.8. The number of aryl methyl sites for hydroxylation is 1. The Kier molecular flexibility index (Phi) is 5.16. The van der Waals surface area contributed by atoms with Gasteiger partial charge in [-0.15, -0.1) is 11.6 Å². The van der Waals surface area contributed by atoms with Gasteiger partial charge in [0, 0.05) is 13.6 Å². The van der Waals surface area contributed by atoms with E-state index in [0.717, 1.165) is 11.1 Å². The molecule has 4 nitrogen and oxygen atoms in total. The number of nitrogens with zero attached hydrogens (tertiary/aromatic N) is 1. The Hall–Kier alpha value is -1.55. The maximum Gasteiger partial charge on any atom is 0.324 e. The van der Waals surface area contributed by atoms with E-state index in [0.29, 0.717) is 6.54 Å². The lowest BCUT2D eigenvalue weighted by atomic mass is 10.1. The standard InChI is InChI=1S/C13H17ClN2O2/c1-9-6-4-5-7-11(9)8-16(3)13(18)15-12(17)10(2)14/h4-7,10H,8H2,1-3H3,(H,15,17,18). The van der Waals surface area contributed by atoms with Crippen LogP contribution < -0.4 is 5.32 Å². The highest BCUT2D eigenvalue weighted by Gasteiger charge is 2.16. The fourth-order valence-electron chi connectivity index (χ4n) is 1.42. The minimum atomic E-state index is -0.721. The van der Waals surface area contributed by atoms with E-state index in [4.69, 9.17) is 11.6 Å². The highest BCUT2D eigenvalue weighted by atomic mass is 35.5. The Morgan fingerprint density at radius 1 is 1.39 bits per heavy atom. The highest BCUT2D eigenvalue weighted by molar-refractivity contribution is 6.31. The molecule has 1 atom stereocenters. The summed E-state index contributed by atoms with van der Waals surface area (Å²) in [5.74, 6) is -0.488. The van der Waals surface area contributed by atoms with Gasteiger partial charge in [0.05, 0.1) is 0 Å². The predicted octanol–water partition coefficient (Wildman–Crippen LogP) is 2.29. The van der Waals surface area contributed by atoms with Crippen molar-refractivity contribution in [1.29, 1.82) is 0 Å². The average Bonchev–Trinajstić information content (AvgIpc) is 2.31. The summed E-state index contributed by atoms with van der Waals surface area (Å²) in [7, 11) is 1.63. The highest BCUT2D eigenvalue weighted by Crippen LogP contribution is 2.09. The number of nitrogens with one attached hydrogen (secondary N) is 1. The fraction of sp³-hybridized carbons (Fsp3) is 0.385. The molecule has 0 heterocycles. The van der Waals surface area contributed by atoms with E-state index in [1.807, 2.05) is 31.2 Å². The molecular formula is C13H17ClN2O2. The van der Waals surface area contributed by atoms with Gasteiger partial charge < -0.3 is 4.90 Å². The second-order valence-electron chi connectivity index (χ2n) is 4.19. The topological polar surface area (TPSA) is 49.4 Å². The van der Waals surface area contributed by atoms with E-state index in [1.54, 1.807) is 7.05 Å². The number of rotatable bonds is 3. The van der Waals surface area contributed by atoms with Crippen molar-refractivity contribution < 1.29 is 9.59 Å². The van der Waals surface area contributed by atoms with Crippen molar-refractivity contribution in [2.45, 2.75) is 25.8 Å². The van der Waals surface area contributed by atoms with Crippen LogP contribution in [0.4, 0.5) is 4.79 Å². The third-order valence-electron chi connectivity index (χ3n) is 2.61. The Bertz CT molecular complexity index is 446. The monoisotopic (exact) mass is 268 g/mol. The largest absolute Gasteiger partial charge is 0.324 e. The van der Waals surface area contributed by atoms with Crippen LogP contribution in [-0.4, -0.2) is 29.3 Å². The Balaban J connectivity index is 2.61. The molecule has 0 spiro atoms. The maximum absolute atomic E-state index is 11.7. The van der Waals surface area contributed by atoms with Gasteiger partial charge in [0.2, 0.25) is 5.91 Å². The first kappa shape index (κ1) is 14.5. The van der Waals surface area contributed by atoms with Crippen LogP contribution in [-0.2, 0) is 11.3 Å². The number of hydrogen-bond acceptors (Lipinski definition) is 2. The number of benzene rings is 1. The first-order valence-corrected chi connectivity index (χ1v) is 6.10. The molecule has 1 N–H and O–H groups in total. The van der Waals surface area contributed by atoms with Crippen molar-refractivity contribution in [3.05, 3.63) is 35.4 Å². The lowest BCUT2D eigenvalue weighted by Crippen LogP contribution is -2.42. The molecule has 0 saturated heterocycles. The summed E-state index contributed by atoms with van der Waals surface area (Å²) in [5.41, 5.74) is 2.15. The van der Waals surface area contributed by atoms with Crippen LogP contribution >= 0.6 is 11.6 Å². The minimum Gasteiger partial charge on any atom is -0.323 e. The number of hydrogen-bond donors (Lipinski definition) is 1. The quantitative estimate of drug-likeness (QED) is 0.855. The third kappa shape index (κ3) is 4.04. The molecule has 1 unspecified atom stereocenters. The minimum absolute atomic E-state index is 0.447. The molecule has 0 fully saturated rings. The van der Waals surface area contributed by atoms with Gasteiger partial charge in [-0.3, -0.25) is 10.1 Å². The molecule has 0 aliphatic heterocycles. The van der Waals surface area contributed by atoms with E-state index in [-0.39, 0.29) is 0 Å². The van der Waals surface area contributed by atoms with E-state index >= 15 is 0 Å². The van der Waals surface area contributed by atoms with Crippen LogP contribution in [0.25, 0.3) is 0 Å². The number of amides is 3. The van der Waals surface area contributed by atoms with Crippen LogP contribution in [0.2, 0.25) is 0 Å². The number of carbonyl (C=O) groups excluding carboxylic acids is 2. The van der Waals surface area contributed by atoms with Gasteiger partial charge in [-0.2, -0.15) is 0 Å². The summed E-state index contributed by atoms with van der Waals surface area (Å²) in [4.78, 5) is 24.4. The van der Waals surface area contributed by atoms with Crippen LogP contribution in [0, 0.1) is 6.92 Å². The molecule has 1 aromatic rings. The number of carbonyl (C=O) groups is 2. The van der Waals surface area contributed by atoms with Gasteiger partial charge in [0.15, 0.2) is 0 Å². The second-order valence-corrected chi connectivity index (χ2v) is 4.85. The molecule has 1 aromatic carbocycles. The van der Waals surface area contributed by atoms with Gasteiger partial charge in [-0.05, 0) is 25.0 Å². The predicted molar refractivity (Wildman–Crippen MR) is 71.5 cm³/mol. The van der Waals surface area contributed by atoms with Crippen LogP contribution in [0.15, 0.2) is 24.3 Å². The van der Waals surface area contributed by atoms with Crippen molar-refractivity contribution >= 4 is 23.5 Å². The lowest BCUT2D eigenvalue weighted by molar-refractivity contribution is -0.119. The Labute approximate surface area is 112 Å². The first-order valence-electron chi connectivity index (χ1n) is 5.66. The maximum atomic E-state index is 11.7. The van der Waals surface area contributed by atoms with Crippen molar-refractivity contribution in [3.8, 4) is 0 Å². The molecule has 0 bridgehead atoms. The van der Waals surface area contributed by atoms with Crippen molar-refractivity contribution in [2.24, 2.45) is 0 Å². The van der Waals surface area contributed by atoms with Crippen molar-refractivity contribution in [2.75, 3.05) is 7.05 Å². The number of alkyl halides is 1. The summed E-state index contributed by atoms with van der Waals surface area (Å²) in [6, 6.07) is 7.34. The first-order chi connectivity index (χ1) is 8.41. The summed E-state index contributed by atoms with van der Waals surface area (Å²) in [5, 5.41) is 1.51. The molecule has 3 amide bonds. The average molecular weight is 269 g/mol. The second kappa shape index (κ2) is 6.40.